The van der Waals surface area contributed by atoms with Crippen LogP contribution in [0.5, 0.6) is 0 Å². The van der Waals surface area contributed by atoms with Gasteiger partial charge in [0, 0.05) is 19.0 Å². The van der Waals surface area contributed by atoms with Gasteiger partial charge in [0.05, 0.1) is 12.5 Å². The van der Waals surface area contributed by atoms with Crippen molar-refractivity contribution in [1.82, 2.24) is 10.1 Å². The average molecular weight is 248 g/mol. The topological polar surface area (TPSA) is 66.6 Å². The fourth-order valence-electron chi connectivity index (χ4n) is 1.84. The molecule has 2 aromatic rings. The zero-order chi connectivity index (χ0) is 13.1. The second kappa shape index (κ2) is 5.18. The molecule has 0 aliphatic heterocycles. The SMILES string of the molecule is CC(O)CN(C)C(=O)Cc1noc2ccccc12. The number of fused-ring (bicyclic) bond motifs is 1. The highest BCUT2D eigenvalue weighted by molar-refractivity contribution is 5.86. The van der Waals surface area contributed by atoms with Crippen LogP contribution in [-0.2, 0) is 11.2 Å². The number of aromatic nitrogens is 1. The summed E-state index contributed by atoms with van der Waals surface area (Å²) in [5.74, 6) is -0.0880. The van der Waals surface area contributed by atoms with Crippen molar-refractivity contribution in [2.75, 3.05) is 13.6 Å². The second-order valence-corrected chi connectivity index (χ2v) is 4.43. The van der Waals surface area contributed by atoms with Crippen molar-refractivity contribution in [3.05, 3.63) is 30.0 Å². The number of aliphatic hydroxyl groups is 1. The second-order valence-electron chi connectivity index (χ2n) is 4.43. The molecule has 2 rings (SSSR count). The molecule has 5 heteroatoms. The molecule has 0 spiro atoms. The summed E-state index contributed by atoms with van der Waals surface area (Å²) in [5.41, 5.74) is 1.31. The third-order valence-electron chi connectivity index (χ3n) is 2.73. The van der Waals surface area contributed by atoms with Crippen LogP contribution in [0, 0.1) is 0 Å². The van der Waals surface area contributed by atoms with Gasteiger partial charge in [0.1, 0.15) is 5.69 Å². The van der Waals surface area contributed by atoms with E-state index in [-0.39, 0.29) is 12.3 Å². The van der Waals surface area contributed by atoms with Crippen LogP contribution < -0.4 is 0 Å². The number of carbonyl (C=O) groups is 1. The Bertz CT molecular complexity index is 548. The molecule has 1 aromatic heterocycles. The van der Waals surface area contributed by atoms with Crippen molar-refractivity contribution in [1.29, 1.82) is 0 Å². The van der Waals surface area contributed by atoms with Crippen LogP contribution >= 0.6 is 0 Å². The number of hydrogen-bond acceptors (Lipinski definition) is 4. The molecular formula is C13H16N2O3. The minimum Gasteiger partial charge on any atom is -0.392 e. The third-order valence-corrected chi connectivity index (χ3v) is 2.73. The lowest BCUT2D eigenvalue weighted by Crippen LogP contribution is -2.34. The first-order valence-corrected chi connectivity index (χ1v) is 5.83. The van der Waals surface area contributed by atoms with Crippen LogP contribution in [0.15, 0.2) is 28.8 Å². The van der Waals surface area contributed by atoms with Gasteiger partial charge in [0.2, 0.25) is 5.91 Å². The summed E-state index contributed by atoms with van der Waals surface area (Å²) in [6, 6.07) is 7.44. The lowest BCUT2D eigenvalue weighted by Gasteiger charge is -2.18. The van der Waals surface area contributed by atoms with Gasteiger partial charge in [0.15, 0.2) is 5.58 Å². The van der Waals surface area contributed by atoms with Gasteiger partial charge in [-0.1, -0.05) is 17.3 Å². The predicted molar refractivity (Wildman–Crippen MR) is 67.0 cm³/mol. The van der Waals surface area contributed by atoms with Crippen LogP contribution in [0.3, 0.4) is 0 Å². The highest BCUT2D eigenvalue weighted by Gasteiger charge is 2.16. The molecule has 1 atom stereocenters. The molecule has 1 heterocycles. The Morgan fingerprint density at radius 2 is 2.22 bits per heavy atom. The summed E-state index contributed by atoms with van der Waals surface area (Å²) in [6.45, 7) is 1.96. The van der Waals surface area contributed by atoms with E-state index in [1.54, 1.807) is 14.0 Å². The number of hydrogen-bond donors (Lipinski definition) is 1. The molecule has 0 bridgehead atoms. The summed E-state index contributed by atoms with van der Waals surface area (Å²) >= 11 is 0. The number of benzene rings is 1. The number of nitrogens with zero attached hydrogens (tertiary/aromatic N) is 2. The maximum absolute atomic E-state index is 11.9. The number of aliphatic hydroxyl groups excluding tert-OH is 1. The van der Waals surface area contributed by atoms with Crippen LogP contribution in [0.1, 0.15) is 12.6 Å². The quantitative estimate of drug-likeness (QED) is 0.883. The molecule has 0 fully saturated rings. The standard InChI is InChI=1S/C13H16N2O3/c1-9(16)8-15(2)13(17)7-11-10-5-3-4-6-12(10)18-14-11/h3-6,9,16H,7-8H2,1-2H3. The van der Waals surface area contributed by atoms with Gasteiger partial charge in [0.25, 0.3) is 0 Å². The third kappa shape index (κ3) is 2.68. The van der Waals surface area contributed by atoms with E-state index in [0.717, 1.165) is 5.39 Å². The Morgan fingerprint density at radius 1 is 1.50 bits per heavy atom. The van der Waals surface area contributed by atoms with Gasteiger partial charge in [-0.3, -0.25) is 4.79 Å². The minimum atomic E-state index is -0.534. The van der Waals surface area contributed by atoms with Gasteiger partial charge < -0.3 is 14.5 Å². The van der Waals surface area contributed by atoms with Crippen LogP contribution in [0.2, 0.25) is 0 Å². The van der Waals surface area contributed by atoms with Gasteiger partial charge in [-0.25, -0.2) is 0 Å². The summed E-state index contributed by atoms with van der Waals surface area (Å²) in [7, 11) is 1.66. The number of likely N-dealkylation sites (N-methyl/N-ethyl adjacent to an activating group) is 1. The first-order chi connectivity index (χ1) is 8.58. The Labute approximate surface area is 105 Å². The molecular weight excluding hydrogens is 232 g/mol. The van der Waals surface area contributed by atoms with Crippen molar-refractivity contribution < 1.29 is 14.4 Å². The Balaban J connectivity index is 2.12. The van der Waals surface area contributed by atoms with E-state index in [1.165, 1.54) is 4.90 Å². The zero-order valence-electron chi connectivity index (χ0n) is 10.5. The lowest BCUT2D eigenvalue weighted by atomic mass is 10.1. The zero-order valence-corrected chi connectivity index (χ0v) is 10.5. The van der Waals surface area contributed by atoms with E-state index < -0.39 is 6.10 Å². The van der Waals surface area contributed by atoms with Crippen LogP contribution in [0.4, 0.5) is 0 Å². The average Bonchev–Trinajstić information content (AvgIpc) is 2.72. The number of carbonyl (C=O) groups excluding carboxylic acids is 1. The lowest BCUT2D eigenvalue weighted by molar-refractivity contribution is -0.130. The van der Waals surface area contributed by atoms with Crippen LogP contribution in [0.25, 0.3) is 11.0 Å². The highest BCUT2D eigenvalue weighted by atomic mass is 16.5. The Kier molecular flexibility index (Phi) is 3.62. The predicted octanol–water partition coefficient (Wildman–Crippen LogP) is 1.21. The molecule has 5 nitrogen and oxygen atoms in total. The molecule has 0 saturated heterocycles. The molecule has 0 radical (unpaired) electrons. The normalized spacial score (nSPS) is 12.6. The maximum atomic E-state index is 11.9. The van der Waals surface area contributed by atoms with Crippen molar-refractivity contribution in [3.63, 3.8) is 0 Å². The van der Waals surface area contributed by atoms with Gasteiger partial charge in [-0.2, -0.15) is 0 Å². The molecule has 1 amide bonds. The monoisotopic (exact) mass is 248 g/mol. The first kappa shape index (κ1) is 12.6. The minimum absolute atomic E-state index is 0.0880. The van der Waals surface area contributed by atoms with E-state index in [9.17, 15) is 9.90 Å². The molecule has 0 aliphatic carbocycles. The van der Waals surface area contributed by atoms with Gasteiger partial charge in [-0.05, 0) is 19.1 Å². The van der Waals surface area contributed by atoms with Crippen molar-refractivity contribution >= 4 is 16.9 Å². The van der Waals surface area contributed by atoms with Gasteiger partial charge >= 0.3 is 0 Å². The summed E-state index contributed by atoms with van der Waals surface area (Å²) in [5, 5.41) is 14.0. The van der Waals surface area contributed by atoms with Crippen molar-refractivity contribution in [3.8, 4) is 0 Å². The Morgan fingerprint density at radius 3 is 2.94 bits per heavy atom. The van der Waals surface area contributed by atoms with E-state index in [2.05, 4.69) is 5.16 Å². The van der Waals surface area contributed by atoms with Crippen molar-refractivity contribution in [2.45, 2.75) is 19.4 Å². The fraction of sp³-hybridized carbons (Fsp3) is 0.385. The molecule has 1 aromatic carbocycles. The number of para-hydroxylation sites is 1. The molecule has 1 unspecified atom stereocenters. The largest absolute Gasteiger partial charge is 0.392 e. The number of amides is 1. The highest BCUT2D eigenvalue weighted by Crippen LogP contribution is 2.18. The number of rotatable bonds is 4. The van der Waals surface area contributed by atoms with E-state index >= 15 is 0 Å². The smallest absolute Gasteiger partial charge is 0.228 e. The summed E-state index contributed by atoms with van der Waals surface area (Å²) < 4.78 is 5.14. The van der Waals surface area contributed by atoms with E-state index in [4.69, 9.17) is 4.52 Å². The van der Waals surface area contributed by atoms with Gasteiger partial charge in [-0.15, -0.1) is 0 Å². The molecule has 18 heavy (non-hydrogen) atoms. The van der Waals surface area contributed by atoms with E-state index in [1.807, 2.05) is 24.3 Å². The fourth-order valence-corrected chi connectivity index (χ4v) is 1.84. The van der Waals surface area contributed by atoms with Crippen LogP contribution in [-0.4, -0.2) is 40.8 Å². The molecule has 0 aliphatic rings. The first-order valence-electron chi connectivity index (χ1n) is 5.83. The summed E-state index contributed by atoms with van der Waals surface area (Å²) in [4.78, 5) is 13.4. The van der Waals surface area contributed by atoms with E-state index in [0.29, 0.717) is 17.8 Å². The Hall–Kier alpha value is -1.88. The molecule has 0 saturated carbocycles. The maximum Gasteiger partial charge on any atom is 0.228 e. The molecule has 1 N–H and O–H groups in total. The van der Waals surface area contributed by atoms with Crippen molar-refractivity contribution in [2.24, 2.45) is 0 Å². The molecule has 96 valence electrons. The summed E-state index contributed by atoms with van der Waals surface area (Å²) in [6.07, 6.45) is -0.353.